The van der Waals surface area contributed by atoms with Gasteiger partial charge in [0.2, 0.25) is 0 Å². The Bertz CT molecular complexity index is 1250. The average molecular weight is 440 g/mol. The Hall–Kier alpha value is -3.31. The van der Waals surface area contributed by atoms with Crippen molar-refractivity contribution in [3.05, 3.63) is 78.0 Å². The van der Waals surface area contributed by atoms with Gasteiger partial charge >= 0.3 is 0 Å². The van der Waals surface area contributed by atoms with Crippen LogP contribution in [0.3, 0.4) is 0 Å². The smallest absolute Gasteiger partial charge is 0.162 e. The number of hydrogen-bond donors (Lipinski definition) is 1. The lowest BCUT2D eigenvalue weighted by molar-refractivity contribution is 0.171. The minimum atomic E-state index is 0.515. The fraction of sp³-hybridized carbons (Fsp3) is 0.321. The molecule has 0 aliphatic carbocycles. The van der Waals surface area contributed by atoms with Crippen molar-refractivity contribution < 1.29 is 9.47 Å². The number of H-pyrrole nitrogens is 1. The van der Waals surface area contributed by atoms with E-state index in [-0.39, 0.29) is 0 Å². The quantitative estimate of drug-likeness (QED) is 0.451. The molecule has 33 heavy (non-hydrogen) atoms. The Kier molecular flexibility index (Phi) is 5.48. The van der Waals surface area contributed by atoms with Gasteiger partial charge in [-0.1, -0.05) is 42.5 Å². The SMILES string of the molecule is c1ccc2c(CCN3CCC(c4cc(-c5ccc6c(c5)OCCO6)[nH]n4)CC3)cccc2c1. The van der Waals surface area contributed by atoms with Crippen LogP contribution in [0.5, 0.6) is 11.5 Å². The molecule has 6 rings (SSSR count). The molecule has 1 aromatic heterocycles. The van der Waals surface area contributed by atoms with E-state index in [1.54, 1.807) is 0 Å². The Morgan fingerprint density at radius 3 is 2.61 bits per heavy atom. The van der Waals surface area contributed by atoms with E-state index in [9.17, 15) is 0 Å². The van der Waals surface area contributed by atoms with E-state index in [4.69, 9.17) is 9.47 Å². The fourth-order valence-electron chi connectivity index (χ4n) is 5.15. The number of nitrogens with zero attached hydrogens (tertiary/aromatic N) is 2. The van der Waals surface area contributed by atoms with Crippen molar-refractivity contribution in [2.75, 3.05) is 32.8 Å². The molecule has 3 aromatic carbocycles. The summed E-state index contributed by atoms with van der Waals surface area (Å²) in [5.74, 6) is 2.15. The molecule has 0 unspecified atom stereocenters. The zero-order valence-electron chi connectivity index (χ0n) is 18.8. The molecular weight excluding hydrogens is 410 g/mol. The molecule has 1 fully saturated rings. The summed E-state index contributed by atoms with van der Waals surface area (Å²) in [5.41, 5.74) is 4.76. The lowest BCUT2D eigenvalue weighted by atomic mass is 9.92. The van der Waals surface area contributed by atoms with Crippen LogP contribution in [0.15, 0.2) is 66.7 Å². The molecule has 0 bridgehead atoms. The summed E-state index contributed by atoms with van der Waals surface area (Å²) in [7, 11) is 0. The van der Waals surface area contributed by atoms with Crippen LogP contribution in [0.1, 0.15) is 30.0 Å². The number of aromatic nitrogens is 2. The van der Waals surface area contributed by atoms with E-state index in [2.05, 4.69) is 69.7 Å². The van der Waals surface area contributed by atoms with E-state index in [0.29, 0.717) is 19.1 Å². The minimum Gasteiger partial charge on any atom is -0.486 e. The van der Waals surface area contributed by atoms with Gasteiger partial charge in [0.1, 0.15) is 13.2 Å². The number of likely N-dealkylation sites (tertiary alicyclic amines) is 1. The van der Waals surface area contributed by atoms with Crippen LogP contribution in [-0.4, -0.2) is 47.9 Å². The molecule has 5 nitrogen and oxygen atoms in total. The summed E-state index contributed by atoms with van der Waals surface area (Å²) in [6, 6.07) is 23.7. The summed E-state index contributed by atoms with van der Waals surface area (Å²) in [6.07, 6.45) is 3.41. The standard InChI is InChI=1S/C28H29N3O2/c1-2-7-24-20(4-1)5-3-6-21(24)10-13-31-14-11-22(12-15-31)25-19-26(30-29-25)23-8-9-27-28(18-23)33-17-16-32-27/h1-9,18-19,22H,10-17H2,(H,29,30). The third-order valence-corrected chi connectivity index (χ3v) is 7.03. The molecule has 3 heterocycles. The van der Waals surface area contributed by atoms with Crippen LogP contribution in [0.25, 0.3) is 22.0 Å². The molecule has 0 spiro atoms. The van der Waals surface area contributed by atoms with Crippen LogP contribution in [-0.2, 0) is 6.42 Å². The first kappa shape index (κ1) is 20.3. The number of fused-ring (bicyclic) bond motifs is 2. The molecule has 1 saturated heterocycles. The van der Waals surface area contributed by atoms with E-state index in [0.717, 1.165) is 61.7 Å². The largest absolute Gasteiger partial charge is 0.486 e. The second-order valence-corrected chi connectivity index (χ2v) is 9.07. The molecule has 0 radical (unpaired) electrons. The van der Waals surface area contributed by atoms with E-state index >= 15 is 0 Å². The normalized spacial score (nSPS) is 16.8. The Labute approximate surface area is 194 Å². The van der Waals surface area contributed by atoms with Gasteiger partial charge in [-0.15, -0.1) is 0 Å². The number of nitrogens with one attached hydrogen (secondary N) is 1. The summed E-state index contributed by atoms with van der Waals surface area (Å²) in [5, 5.41) is 10.6. The Morgan fingerprint density at radius 2 is 1.70 bits per heavy atom. The second kappa shape index (κ2) is 8.91. The van der Waals surface area contributed by atoms with Crippen LogP contribution < -0.4 is 9.47 Å². The maximum Gasteiger partial charge on any atom is 0.162 e. The molecule has 1 N–H and O–H groups in total. The van der Waals surface area contributed by atoms with Crippen LogP contribution in [0.4, 0.5) is 0 Å². The highest BCUT2D eigenvalue weighted by molar-refractivity contribution is 5.85. The highest BCUT2D eigenvalue weighted by Crippen LogP contribution is 2.35. The molecular formula is C28H29N3O2. The van der Waals surface area contributed by atoms with Gasteiger partial charge < -0.3 is 14.4 Å². The molecule has 168 valence electrons. The lowest BCUT2D eigenvalue weighted by Crippen LogP contribution is -2.34. The van der Waals surface area contributed by atoms with Crippen molar-refractivity contribution in [2.24, 2.45) is 0 Å². The number of aromatic amines is 1. The van der Waals surface area contributed by atoms with E-state index < -0.39 is 0 Å². The fourth-order valence-corrected chi connectivity index (χ4v) is 5.15. The van der Waals surface area contributed by atoms with Crippen molar-refractivity contribution in [3.63, 3.8) is 0 Å². The van der Waals surface area contributed by atoms with E-state index in [1.165, 1.54) is 22.0 Å². The van der Waals surface area contributed by atoms with Crippen LogP contribution in [0, 0.1) is 0 Å². The van der Waals surface area contributed by atoms with Crippen LogP contribution >= 0.6 is 0 Å². The van der Waals surface area contributed by atoms with E-state index in [1.807, 2.05) is 12.1 Å². The van der Waals surface area contributed by atoms with Gasteiger partial charge in [0.15, 0.2) is 11.5 Å². The van der Waals surface area contributed by atoms with Gasteiger partial charge in [-0.3, -0.25) is 5.10 Å². The second-order valence-electron chi connectivity index (χ2n) is 9.07. The van der Waals surface area contributed by atoms with Gasteiger partial charge in [-0.05, 0) is 73.0 Å². The third kappa shape index (κ3) is 4.21. The predicted molar refractivity (Wildman–Crippen MR) is 131 cm³/mol. The molecule has 2 aliphatic rings. The maximum absolute atomic E-state index is 5.73. The van der Waals surface area contributed by atoms with Crippen LogP contribution in [0.2, 0.25) is 0 Å². The number of rotatable bonds is 5. The molecule has 5 heteroatoms. The first-order valence-electron chi connectivity index (χ1n) is 12.0. The zero-order chi connectivity index (χ0) is 22.0. The summed E-state index contributed by atoms with van der Waals surface area (Å²) >= 11 is 0. The highest BCUT2D eigenvalue weighted by atomic mass is 16.6. The van der Waals surface area contributed by atoms with Gasteiger partial charge in [-0.2, -0.15) is 5.10 Å². The molecule has 0 amide bonds. The predicted octanol–water partition coefficient (Wildman–Crippen LogP) is 5.42. The summed E-state index contributed by atoms with van der Waals surface area (Å²) in [4.78, 5) is 2.60. The molecule has 0 saturated carbocycles. The first-order chi connectivity index (χ1) is 16.3. The van der Waals surface area contributed by atoms with Crippen molar-refractivity contribution in [1.29, 1.82) is 0 Å². The zero-order valence-corrected chi connectivity index (χ0v) is 18.8. The Balaban J connectivity index is 1.07. The number of benzene rings is 3. The number of ether oxygens (including phenoxy) is 2. The molecule has 2 aliphatic heterocycles. The van der Waals surface area contributed by atoms with Gasteiger partial charge in [-0.25, -0.2) is 0 Å². The Morgan fingerprint density at radius 1 is 0.879 bits per heavy atom. The topological polar surface area (TPSA) is 50.4 Å². The highest BCUT2D eigenvalue weighted by Gasteiger charge is 2.23. The van der Waals surface area contributed by atoms with Gasteiger partial charge in [0, 0.05) is 18.0 Å². The number of piperidine rings is 1. The van der Waals surface area contributed by atoms with Crippen molar-refractivity contribution in [1.82, 2.24) is 15.1 Å². The van der Waals surface area contributed by atoms with Gasteiger partial charge in [0.05, 0.1) is 11.4 Å². The maximum atomic E-state index is 5.73. The summed E-state index contributed by atoms with van der Waals surface area (Å²) < 4.78 is 11.4. The average Bonchev–Trinajstić information content (AvgIpc) is 3.38. The number of hydrogen-bond acceptors (Lipinski definition) is 4. The summed E-state index contributed by atoms with van der Waals surface area (Å²) in [6.45, 7) is 4.58. The third-order valence-electron chi connectivity index (χ3n) is 7.03. The van der Waals surface area contributed by atoms with Gasteiger partial charge in [0.25, 0.3) is 0 Å². The lowest BCUT2D eigenvalue weighted by Gasteiger charge is -2.31. The van der Waals surface area contributed by atoms with Crippen molar-refractivity contribution >= 4 is 10.8 Å². The molecule has 0 atom stereocenters. The minimum absolute atomic E-state index is 0.515. The monoisotopic (exact) mass is 439 g/mol. The first-order valence-corrected chi connectivity index (χ1v) is 12.0. The van der Waals surface area contributed by atoms with Crippen molar-refractivity contribution in [3.8, 4) is 22.8 Å². The van der Waals surface area contributed by atoms with Crippen molar-refractivity contribution in [2.45, 2.75) is 25.2 Å². The molecule has 4 aromatic rings.